The van der Waals surface area contributed by atoms with E-state index in [1.54, 1.807) is 0 Å². The fourth-order valence-electron chi connectivity index (χ4n) is 2.23. The molecule has 10 atom stereocenters. The predicted molar refractivity (Wildman–Crippen MR) is 72.9 cm³/mol. The monoisotopic (exact) mass is 344 g/mol. The van der Waals surface area contributed by atoms with Crippen molar-refractivity contribution < 1.29 is 52.1 Å². The second kappa shape index (κ2) is 8.60. The van der Waals surface area contributed by atoms with E-state index in [4.69, 9.17) is 22.1 Å². The summed E-state index contributed by atoms with van der Waals surface area (Å²) in [6.07, 6.45) is -18.3. The lowest BCUT2D eigenvalue weighted by Gasteiger charge is -2.44. The Bertz CT molecular complexity index is 404. The van der Waals surface area contributed by atoms with E-state index >= 15 is 0 Å². The Kier molecular flexibility index (Phi) is 7.06. The molecule has 0 aliphatic carbocycles. The van der Waals surface area contributed by atoms with Crippen LogP contribution in [0, 0.1) is 0 Å². The number of hydrogen-bond donors (Lipinski definition) is 10. The van der Waals surface area contributed by atoms with Gasteiger partial charge in [0.2, 0.25) is 0 Å². The van der Waals surface area contributed by atoms with Crippen LogP contribution in [0.25, 0.3) is 0 Å². The molecule has 138 valence electrons. The molecule has 1 aliphatic rings. The molecule has 1 heterocycles. The van der Waals surface area contributed by atoms with E-state index in [-0.39, 0.29) is 0 Å². The summed E-state index contributed by atoms with van der Waals surface area (Å²) in [5.74, 6) is 0. The molecule has 0 aromatic carbocycles. The molecule has 1 aliphatic heterocycles. The number of aliphatic hydroxyl groups is 9. The van der Waals surface area contributed by atoms with Gasteiger partial charge in [-0.1, -0.05) is 0 Å². The van der Waals surface area contributed by atoms with Crippen molar-refractivity contribution in [2.24, 2.45) is 5.73 Å². The molecule has 11 nitrogen and oxygen atoms in total. The molecule has 1 saturated heterocycles. The van der Waals surface area contributed by atoms with E-state index < -0.39 is 74.2 Å². The van der Waals surface area contributed by atoms with Gasteiger partial charge < -0.3 is 56.4 Å². The zero-order valence-electron chi connectivity index (χ0n) is 13.1. The van der Waals surface area contributed by atoms with Gasteiger partial charge in [0, 0.05) is 0 Å². The molecule has 11 N–H and O–H groups in total. The van der Waals surface area contributed by atoms with Gasteiger partial charge in [0.25, 0.3) is 0 Å². The molecule has 2 unspecified atom stereocenters. The average Bonchev–Trinajstić information content (AvgIpc) is 2.59. The standard InChI is InChI=1S/C12H25NO10/c13-5-8(19)7(18)4(2-15)23-12(5)11(22)10(21)9(20)6(17)3(16)1-14/h3-12,14-22H,1-2,13H2/t3-,4-,5-,6-,7-,8-,9+,10+,11?,12?/m1/s1/i12D. The van der Waals surface area contributed by atoms with Crippen LogP contribution in [0.3, 0.4) is 0 Å². The third kappa shape index (κ3) is 4.35. The van der Waals surface area contributed by atoms with Gasteiger partial charge >= 0.3 is 0 Å². The quantitative estimate of drug-likeness (QED) is 0.209. The Balaban J connectivity index is 2.99. The average molecular weight is 344 g/mol. The zero-order valence-corrected chi connectivity index (χ0v) is 12.1. The van der Waals surface area contributed by atoms with E-state index in [0.717, 1.165) is 0 Å². The van der Waals surface area contributed by atoms with Gasteiger partial charge in [0.1, 0.15) is 54.9 Å². The number of nitrogens with two attached hydrogens (primary N) is 1. The maximum atomic E-state index is 10.1. The second-order valence-corrected chi connectivity index (χ2v) is 5.41. The third-order valence-electron chi connectivity index (χ3n) is 3.79. The third-order valence-corrected chi connectivity index (χ3v) is 3.79. The Morgan fingerprint density at radius 2 is 1.52 bits per heavy atom. The molecule has 0 aromatic rings. The van der Waals surface area contributed by atoms with Crippen molar-refractivity contribution in [2.75, 3.05) is 13.2 Å². The van der Waals surface area contributed by atoms with E-state index in [0.29, 0.717) is 0 Å². The van der Waals surface area contributed by atoms with Gasteiger partial charge in [0.15, 0.2) is 0 Å². The largest absolute Gasteiger partial charge is 0.394 e. The van der Waals surface area contributed by atoms with Crippen LogP contribution in [-0.2, 0) is 4.74 Å². The van der Waals surface area contributed by atoms with Crippen molar-refractivity contribution in [2.45, 2.75) is 61.0 Å². The molecule has 1 rings (SSSR count). The Labute approximate surface area is 133 Å². The smallest absolute Gasteiger partial charge is 0.111 e. The van der Waals surface area contributed by atoms with Crippen LogP contribution < -0.4 is 5.73 Å². The number of rotatable bonds is 7. The van der Waals surface area contributed by atoms with Gasteiger partial charge in [-0.2, -0.15) is 0 Å². The van der Waals surface area contributed by atoms with E-state index in [1.165, 1.54) is 0 Å². The van der Waals surface area contributed by atoms with Gasteiger partial charge in [-0.25, -0.2) is 0 Å². The zero-order chi connectivity index (χ0) is 18.8. The van der Waals surface area contributed by atoms with Crippen molar-refractivity contribution in [1.82, 2.24) is 0 Å². The maximum absolute atomic E-state index is 10.1. The molecule has 23 heavy (non-hydrogen) atoms. The topological polar surface area (TPSA) is 217 Å². The van der Waals surface area contributed by atoms with Crippen LogP contribution in [0.5, 0.6) is 0 Å². The van der Waals surface area contributed by atoms with Crippen LogP contribution in [0.4, 0.5) is 0 Å². The van der Waals surface area contributed by atoms with Gasteiger partial charge in [-0.3, -0.25) is 0 Å². The van der Waals surface area contributed by atoms with E-state index in [9.17, 15) is 35.7 Å². The fraction of sp³-hybridized carbons (Fsp3) is 1.00. The van der Waals surface area contributed by atoms with Crippen molar-refractivity contribution >= 4 is 0 Å². The van der Waals surface area contributed by atoms with Crippen LogP contribution in [0.15, 0.2) is 0 Å². The summed E-state index contributed by atoms with van der Waals surface area (Å²) in [5, 5.41) is 85.9. The first-order chi connectivity index (χ1) is 11.0. The summed E-state index contributed by atoms with van der Waals surface area (Å²) in [7, 11) is 0. The van der Waals surface area contributed by atoms with Crippen molar-refractivity contribution in [3.8, 4) is 0 Å². The van der Waals surface area contributed by atoms with E-state index in [2.05, 4.69) is 0 Å². The summed E-state index contributed by atoms with van der Waals surface area (Å²) < 4.78 is 13.0. The first-order valence-corrected chi connectivity index (χ1v) is 6.94. The summed E-state index contributed by atoms with van der Waals surface area (Å²) in [6, 6.07) is -1.74. The Morgan fingerprint density at radius 1 is 0.957 bits per heavy atom. The summed E-state index contributed by atoms with van der Waals surface area (Å²) in [4.78, 5) is 0. The molecule has 0 radical (unpaired) electrons. The minimum atomic E-state index is -2.66. The molecule has 0 bridgehead atoms. The lowest BCUT2D eigenvalue weighted by molar-refractivity contribution is -0.233. The Hall–Kier alpha value is -0.440. The number of ether oxygens (including phenoxy) is 1. The van der Waals surface area contributed by atoms with Gasteiger partial charge in [0.05, 0.1) is 20.6 Å². The normalized spacial score (nSPS) is 42.4. The summed E-state index contributed by atoms with van der Waals surface area (Å²) >= 11 is 0. The number of hydrogen-bond acceptors (Lipinski definition) is 11. The molecule has 11 heteroatoms. The first-order valence-electron chi connectivity index (χ1n) is 7.44. The van der Waals surface area contributed by atoms with Crippen molar-refractivity contribution in [3.63, 3.8) is 0 Å². The summed E-state index contributed by atoms with van der Waals surface area (Å²) in [5.41, 5.74) is 5.56. The van der Waals surface area contributed by atoms with Crippen molar-refractivity contribution in [1.29, 1.82) is 0 Å². The Morgan fingerprint density at radius 3 is 2.00 bits per heavy atom. The fourth-order valence-corrected chi connectivity index (χ4v) is 2.23. The van der Waals surface area contributed by atoms with Crippen molar-refractivity contribution in [3.05, 3.63) is 0 Å². The first kappa shape index (κ1) is 18.9. The van der Waals surface area contributed by atoms with E-state index in [1.807, 2.05) is 0 Å². The molecular weight excluding hydrogens is 318 g/mol. The maximum Gasteiger partial charge on any atom is 0.111 e. The van der Waals surface area contributed by atoms with Crippen LogP contribution in [-0.4, -0.2) is 120 Å². The highest BCUT2D eigenvalue weighted by atomic mass is 16.5. The molecule has 1 fully saturated rings. The SMILES string of the molecule is [2H]C1(C(O)[C@@H](O)[C@@H](O)[C@H](O)[C@H](O)CO)O[C@H](CO)[C@@H](O)[C@H](O)[C@H]1N. The summed E-state index contributed by atoms with van der Waals surface area (Å²) in [6.45, 7) is -1.77. The highest BCUT2D eigenvalue weighted by Gasteiger charge is 2.48. The van der Waals surface area contributed by atoms with Crippen LogP contribution in [0.1, 0.15) is 1.37 Å². The van der Waals surface area contributed by atoms with Gasteiger partial charge in [-0.15, -0.1) is 0 Å². The molecule has 0 saturated carbocycles. The molecule has 0 spiro atoms. The van der Waals surface area contributed by atoms with Crippen LogP contribution >= 0.6 is 0 Å². The molecule has 0 aromatic heterocycles. The lowest BCUT2D eigenvalue weighted by Crippen LogP contribution is -2.67. The minimum Gasteiger partial charge on any atom is -0.394 e. The second-order valence-electron chi connectivity index (χ2n) is 5.41. The highest BCUT2D eigenvalue weighted by Crippen LogP contribution is 2.24. The molecule has 0 amide bonds. The lowest BCUT2D eigenvalue weighted by atomic mass is 9.87. The van der Waals surface area contributed by atoms with Gasteiger partial charge in [-0.05, 0) is 0 Å². The molecular formula is C12H25NO10. The predicted octanol–water partition coefficient (Wildman–Crippen LogP) is -6.41. The van der Waals surface area contributed by atoms with Crippen LogP contribution in [0.2, 0.25) is 0 Å². The number of aliphatic hydroxyl groups excluding tert-OH is 9. The minimum absolute atomic E-state index is 0.831. The highest BCUT2D eigenvalue weighted by molar-refractivity contribution is 5.00.